The molecular weight excluding hydrogens is 318 g/mol. The van der Waals surface area contributed by atoms with Gasteiger partial charge in [-0.1, -0.05) is 22.9 Å². The second kappa shape index (κ2) is 7.45. The van der Waals surface area contributed by atoms with Crippen molar-refractivity contribution in [2.24, 2.45) is 0 Å². The van der Waals surface area contributed by atoms with Gasteiger partial charge in [0.1, 0.15) is 11.6 Å². The van der Waals surface area contributed by atoms with E-state index in [0.717, 1.165) is 42.1 Å². The highest BCUT2D eigenvalue weighted by Gasteiger charge is 2.07. The summed E-state index contributed by atoms with van der Waals surface area (Å²) in [5, 5.41) is 3.38. The van der Waals surface area contributed by atoms with Crippen LogP contribution in [0.3, 0.4) is 0 Å². The molecule has 0 aliphatic carbocycles. The van der Waals surface area contributed by atoms with Crippen molar-refractivity contribution in [3.8, 4) is 5.75 Å². The fraction of sp³-hybridized carbons (Fsp3) is 0.400. The van der Waals surface area contributed by atoms with Crippen LogP contribution in [0.4, 0.5) is 0 Å². The normalized spacial score (nSPS) is 10.8. The molecule has 2 aromatic rings. The third kappa shape index (κ3) is 3.84. The van der Waals surface area contributed by atoms with Crippen LogP contribution in [0.25, 0.3) is 0 Å². The SMILES string of the molecule is CCCNCc1nccn1Cc1cc(OC)ccc1Br. The van der Waals surface area contributed by atoms with E-state index < -0.39 is 0 Å². The number of hydrogen-bond donors (Lipinski definition) is 1. The van der Waals surface area contributed by atoms with Gasteiger partial charge in [-0.15, -0.1) is 0 Å². The van der Waals surface area contributed by atoms with E-state index in [1.807, 2.05) is 30.6 Å². The Kier molecular flexibility index (Phi) is 5.61. The van der Waals surface area contributed by atoms with E-state index >= 15 is 0 Å². The van der Waals surface area contributed by atoms with Gasteiger partial charge in [0.2, 0.25) is 0 Å². The standard InChI is InChI=1S/C15H20BrN3O/c1-3-6-17-10-15-18-7-8-19(15)11-12-9-13(20-2)4-5-14(12)16/h4-5,7-9,17H,3,6,10-11H2,1-2H3. The van der Waals surface area contributed by atoms with E-state index in [1.54, 1.807) is 7.11 Å². The van der Waals surface area contributed by atoms with Crippen LogP contribution in [0.1, 0.15) is 24.7 Å². The fourth-order valence-corrected chi connectivity index (χ4v) is 2.38. The minimum Gasteiger partial charge on any atom is -0.497 e. The highest BCUT2D eigenvalue weighted by atomic mass is 79.9. The number of halogens is 1. The number of methoxy groups -OCH3 is 1. The molecule has 0 aliphatic heterocycles. The summed E-state index contributed by atoms with van der Waals surface area (Å²) in [6.07, 6.45) is 4.98. The van der Waals surface area contributed by atoms with Gasteiger partial charge in [0.15, 0.2) is 0 Å². The monoisotopic (exact) mass is 337 g/mol. The summed E-state index contributed by atoms with van der Waals surface area (Å²) in [5.74, 6) is 1.92. The van der Waals surface area contributed by atoms with Crippen LogP contribution in [0, 0.1) is 0 Å². The molecule has 0 spiro atoms. The molecule has 1 heterocycles. The summed E-state index contributed by atoms with van der Waals surface area (Å²) in [7, 11) is 1.68. The number of rotatable bonds is 7. The molecule has 4 nitrogen and oxygen atoms in total. The lowest BCUT2D eigenvalue weighted by atomic mass is 10.2. The highest BCUT2D eigenvalue weighted by Crippen LogP contribution is 2.23. The van der Waals surface area contributed by atoms with Crippen molar-refractivity contribution in [1.29, 1.82) is 0 Å². The number of hydrogen-bond acceptors (Lipinski definition) is 3. The first-order chi connectivity index (χ1) is 9.74. The second-order valence-corrected chi connectivity index (χ2v) is 5.46. The van der Waals surface area contributed by atoms with Gasteiger partial charge >= 0.3 is 0 Å². The van der Waals surface area contributed by atoms with Crippen molar-refractivity contribution in [3.63, 3.8) is 0 Å². The van der Waals surface area contributed by atoms with Crippen molar-refractivity contribution in [2.75, 3.05) is 13.7 Å². The molecule has 5 heteroatoms. The van der Waals surface area contributed by atoms with Crippen molar-refractivity contribution >= 4 is 15.9 Å². The summed E-state index contributed by atoms with van der Waals surface area (Å²) in [6.45, 7) is 4.74. The maximum Gasteiger partial charge on any atom is 0.122 e. The second-order valence-electron chi connectivity index (χ2n) is 4.61. The molecule has 0 bridgehead atoms. The van der Waals surface area contributed by atoms with Crippen LogP contribution < -0.4 is 10.1 Å². The molecule has 1 N–H and O–H groups in total. The minimum atomic E-state index is 0.779. The molecule has 1 aromatic heterocycles. The lowest BCUT2D eigenvalue weighted by Crippen LogP contribution is -2.18. The van der Waals surface area contributed by atoms with Gasteiger partial charge in [-0.2, -0.15) is 0 Å². The zero-order chi connectivity index (χ0) is 14.4. The zero-order valence-electron chi connectivity index (χ0n) is 11.9. The topological polar surface area (TPSA) is 39.1 Å². The van der Waals surface area contributed by atoms with E-state index in [0.29, 0.717) is 0 Å². The van der Waals surface area contributed by atoms with Crippen molar-refractivity contribution in [1.82, 2.24) is 14.9 Å². The Morgan fingerprint density at radius 1 is 1.40 bits per heavy atom. The average Bonchev–Trinajstić information content (AvgIpc) is 2.89. The molecule has 0 radical (unpaired) electrons. The van der Waals surface area contributed by atoms with Crippen LogP contribution in [0.15, 0.2) is 35.1 Å². The van der Waals surface area contributed by atoms with Crippen LogP contribution in [-0.2, 0) is 13.1 Å². The van der Waals surface area contributed by atoms with Crippen LogP contribution in [-0.4, -0.2) is 23.2 Å². The van der Waals surface area contributed by atoms with Crippen molar-refractivity contribution in [3.05, 3.63) is 46.5 Å². The molecule has 20 heavy (non-hydrogen) atoms. The first-order valence-electron chi connectivity index (χ1n) is 6.77. The lowest BCUT2D eigenvalue weighted by Gasteiger charge is -2.11. The average molecular weight is 338 g/mol. The van der Waals surface area contributed by atoms with Gasteiger partial charge in [-0.25, -0.2) is 4.98 Å². The summed E-state index contributed by atoms with van der Waals surface area (Å²) in [6, 6.07) is 6.01. The Morgan fingerprint density at radius 3 is 3.00 bits per heavy atom. The quantitative estimate of drug-likeness (QED) is 0.788. The van der Waals surface area contributed by atoms with Gasteiger partial charge in [0.05, 0.1) is 20.2 Å². The molecule has 0 aliphatic rings. The van der Waals surface area contributed by atoms with Gasteiger partial charge in [0.25, 0.3) is 0 Å². The Bertz CT molecular complexity index is 554. The number of nitrogens with zero attached hydrogens (tertiary/aromatic N) is 2. The first-order valence-corrected chi connectivity index (χ1v) is 7.57. The Hall–Kier alpha value is -1.33. The number of ether oxygens (including phenoxy) is 1. The van der Waals surface area contributed by atoms with Gasteiger partial charge < -0.3 is 14.6 Å². The predicted molar refractivity (Wildman–Crippen MR) is 84.0 cm³/mol. The number of imidazole rings is 1. The van der Waals surface area contributed by atoms with Crippen molar-refractivity contribution < 1.29 is 4.74 Å². The van der Waals surface area contributed by atoms with E-state index in [2.05, 4.69) is 37.7 Å². The third-order valence-electron chi connectivity index (χ3n) is 3.11. The molecule has 0 unspecified atom stereocenters. The fourth-order valence-electron chi connectivity index (χ4n) is 2.01. The van der Waals surface area contributed by atoms with E-state index in [1.165, 1.54) is 5.56 Å². The maximum absolute atomic E-state index is 5.28. The summed E-state index contributed by atoms with van der Waals surface area (Å²) >= 11 is 3.59. The summed E-state index contributed by atoms with van der Waals surface area (Å²) in [5.41, 5.74) is 1.18. The molecule has 0 saturated carbocycles. The van der Waals surface area contributed by atoms with Gasteiger partial charge in [-0.3, -0.25) is 0 Å². The molecule has 2 rings (SSSR count). The number of aromatic nitrogens is 2. The molecule has 0 fully saturated rings. The van der Waals surface area contributed by atoms with E-state index in [-0.39, 0.29) is 0 Å². The van der Waals surface area contributed by atoms with E-state index in [4.69, 9.17) is 4.74 Å². The van der Waals surface area contributed by atoms with Gasteiger partial charge in [0, 0.05) is 16.9 Å². The third-order valence-corrected chi connectivity index (χ3v) is 3.88. The Morgan fingerprint density at radius 2 is 2.25 bits per heavy atom. The molecule has 0 saturated heterocycles. The summed E-state index contributed by atoms with van der Waals surface area (Å²) in [4.78, 5) is 4.41. The first kappa shape index (κ1) is 15.1. The van der Waals surface area contributed by atoms with Crippen LogP contribution >= 0.6 is 15.9 Å². The van der Waals surface area contributed by atoms with Crippen LogP contribution in [0.2, 0.25) is 0 Å². The van der Waals surface area contributed by atoms with Crippen LogP contribution in [0.5, 0.6) is 5.75 Å². The Labute approximate surface area is 128 Å². The minimum absolute atomic E-state index is 0.779. The molecule has 1 aromatic carbocycles. The highest BCUT2D eigenvalue weighted by molar-refractivity contribution is 9.10. The summed E-state index contributed by atoms with van der Waals surface area (Å²) < 4.78 is 8.52. The molecule has 0 amide bonds. The number of benzene rings is 1. The number of nitrogens with one attached hydrogen (secondary N) is 1. The van der Waals surface area contributed by atoms with Crippen molar-refractivity contribution in [2.45, 2.75) is 26.4 Å². The molecular formula is C15H20BrN3O. The predicted octanol–water partition coefficient (Wildman–Crippen LogP) is 3.20. The zero-order valence-corrected chi connectivity index (χ0v) is 13.5. The Balaban J connectivity index is 2.12. The molecule has 0 atom stereocenters. The maximum atomic E-state index is 5.28. The van der Waals surface area contributed by atoms with Gasteiger partial charge in [-0.05, 0) is 36.7 Å². The smallest absolute Gasteiger partial charge is 0.122 e. The van der Waals surface area contributed by atoms with E-state index in [9.17, 15) is 0 Å². The lowest BCUT2D eigenvalue weighted by molar-refractivity contribution is 0.414. The molecule has 108 valence electrons. The largest absolute Gasteiger partial charge is 0.497 e.